The summed E-state index contributed by atoms with van der Waals surface area (Å²) in [6.07, 6.45) is 0.287. The lowest BCUT2D eigenvalue weighted by molar-refractivity contribution is -0.152. The van der Waals surface area contributed by atoms with E-state index in [2.05, 4.69) is 0 Å². The van der Waals surface area contributed by atoms with E-state index >= 15 is 0 Å². The molecule has 0 spiro atoms. The van der Waals surface area contributed by atoms with Crippen LogP contribution in [0.1, 0.15) is 33.5 Å². The second-order valence-corrected chi connectivity index (χ2v) is 17.6. The molecule has 0 unspecified atom stereocenters. The maximum atomic E-state index is 14.4. The summed E-state index contributed by atoms with van der Waals surface area (Å²) in [5.41, 5.74) is 2.80. The molecule has 3 heterocycles. The normalized spacial score (nSPS) is 20.9. The molecule has 0 bridgehead atoms. The first-order valence-electron chi connectivity index (χ1n) is 18.9. The van der Waals surface area contributed by atoms with E-state index in [1.807, 2.05) is 78.9 Å². The maximum Gasteiger partial charge on any atom is 0.378 e. The number of ether oxygens (including phenoxy) is 5. The predicted molar refractivity (Wildman–Crippen MR) is 225 cm³/mol. The number of amides is 2. The Morgan fingerprint density at radius 2 is 1.56 bits per heavy atom. The van der Waals surface area contributed by atoms with Crippen molar-refractivity contribution < 1.29 is 47.5 Å². The Kier molecular flexibility index (Phi) is 13.7. The average Bonchev–Trinajstić information content (AvgIpc) is 3.63. The van der Waals surface area contributed by atoms with E-state index in [4.69, 9.17) is 48.0 Å². The molecule has 3 aliphatic rings. The van der Waals surface area contributed by atoms with Gasteiger partial charge in [-0.15, -0.1) is 23.5 Å². The number of thioether (sulfide) groups is 2. The van der Waals surface area contributed by atoms with Crippen LogP contribution in [0.2, 0.25) is 5.02 Å². The minimum Gasteiger partial charge on any atom is -0.542 e. The second-order valence-electron chi connectivity index (χ2n) is 14.2. The summed E-state index contributed by atoms with van der Waals surface area (Å²) in [6.45, 7) is 1.14. The molecule has 0 saturated carbocycles. The molecule has 0 aromatic heterocycles. The van der Waals surface area contributed by atoms with E-state index in [-0.39, 0.29) is 85.4 Å². The van der Waals surface area contributed by atoms with Gasteiger partial charge in [-0.05, 0) is 53.1 Å². The number of Topliss-reactive ketones (excluding diaryl/α,β-unsaturated/α-hetero) is 1. The van der Waals surface area contributed by atoms with Crippen LogP contribution in [0, 0.1) is 5.92 Å². The summed E-state index contributed by atoms with van der Waals surface area (Å²) in [6, 6.07) is 27.0. The molecule has 3 aliphatic heterocycles. The van der Waals surface area contributed by atoms with Gasteiger partial charge in [-0.1, -0.05) is 66.2 Å². The Balaban J connectivity index is 1.06. The third kappa shape index (κ3) is 9.48. The summed E-state index contributed by atoms with van der Waals surface area (Å²) in [4.78, 5) is 57.3. The van der Waals surface area contributed by atoms with Crippen LogP contribution in [0.4, 0.5) is 0 Å². The number of β-lactam (4-membered cyclic amide) rings is 1. The van der Waals surface area contributed by atoms with Gasteiger partial charge >= 0.3 is 14.0 Å². The van der Waals surface area contributed by atoms with Gasteiger partial charge in [0, 0.05) is 25.1 Å². The number of fused-ring (bicyclic) bond motifs is 1. The molecule has 3 saturated heterocycles. The Morgan fingerprint density at radius 3 is 2.20 bits per heavy atom. The second kappa shape index (κ2) is 19.0. The quantitative estimate of drug-likeness (QED) is 0.0893. The lowest BCUT2D eigenvalue weighted by atomic mass is 9.90. The fourth-order valence-corrected chi connectivity index (χ4v) is 10.8. The smallest absolute Gasteiger partial charge is 0.378 e. The number of morpholine rings is 1. The molecule has 16 heteroatoms. The van der Waals surface area contributed by atoms with Crippen molar-refractivity contribution in [2.24, 2.45) is 5.92 Å². The van der Waals surface area contributed by atoms with E-state index in [1.54, 1.807) is 36.2 Å². The number of benzene rings is 4. The van der Waals surface area contributed by atoms with E-state index < -0.39 is 27.4 Å². The number of hydrogen-bond acceptors (Lipinski definition) is 12. The number of carbonyl (C=O) groups is 4. The first kappa shape index (κ1) is 42.3. The molecular formula is C43H42BClN2O10S2. The first-order chi connectivity index (χ1) is 28.6. The molecule has 2 amide bonds. The Hall–Kier alpha value is -4.83. The number of hydrogen-bond donors (Lipinski definition) is 0. The largest absolute Gasteiger partial charge is 0.542 e. The molecule has 3 fully saturated rings. The topological polar surface area (TPSA) is 130 Å². The van der Waals surface area contributed by atoms with E-state index in [0.29, 0.717) is 18.1 Å². The molecule has 12 nitrogen and oxygen atoms in total. The molecule has 59 heavy (non-hydrogen) atoms. The van der Waals surface area contributed by atoms with Gasteiger partial charge in [-0.3, -0.25) is 19.2 Å². The lowest BCUT2D eigenvalue weighted by Gasteiger charge is -2.41. The number of rotatable bonds is 17. The zero-order chi connectivity index (χ0) is 41.5. The van der Waals surface area contributed by atoms with Crippen molar-refractivity contribution in [1.29, 1.82) is 0 Å². The summed E-state index contributed by atoms with van der Waals surface area (Å²) in [7, 11) is 8.65. The van der Waals surface area contributed by atoms with Crippen molar-refractivity contribution >= 4 is 66.7 Å². The summed E-state index contributed by atoms with van der Waals surface area (Å²) >= 11 is 9.57. The average molecular weight is 857 g/mol. The van der Waals surface area contributed by atoms with Crippen molar-refractivity contribution in [3.05, 3.63) is 118 Å². The summed E-state index contributed by atoms with van der Waals surface area (Å²) in [5, 5.41) is -0.311. The predicted octanol–water partition coefficient (Wildman–Crippen LogP) is 6.15. The fraction of sp³-hybridized carbons (Fsp3) is 0.349. The molecule has 7 rings (SSSR count). The van der Waals surface area contributed by atoms with Gasteiger partial charge in [-0.25, -0.2) is 0 Å². The van der Waals surface area contributed by atoms with Crippen LogP contribution in [0.5, 0.6) is 23.0 Å². The minimum atomic E-state index is -1.28. The van der Waals surface area contributed by atoms with Gasteiger partial charge in [0.15, 0.2) is 15.6 Å². The molecule has 4 atom stereocenters. The first-order valence-corrected chi connectivity index (χ1v) is 21.2. The highest BCUT2D eigenvalue weighted by molar-refractivity contribution is 8.20. The van der Waals surface area contributed by atoms with Crippen molar-refractivity contribution in [3.63, 3.8) is 0 Å². The molecule has 4 aromatic rings. The van der Waals surface area contributed by atoms with Crippen molar-refractivity contribution in [2.45, 2.75) is 41.6 Å². The van der Waals surface area contributed by atoms with Crippen LogP contribution >= 0.6 is 35.1 Å². The van der Waals surface area contributed by atoms with Crippen molar-refractivity contribution in [3.8, 4) is 23.0 Å². The fourth-order valence-electron chi connectivity index (χ4n) is 7.19. The van der Waals surface area contributed by atoms with Crippen LogP contribution in [0.15, 0.2) is 91.0 Å². The highest BCUT2D eigenvalue weighted by Gasteiger charge is 2.62. The van der Waals surface area contributed by atoms with Gasteiger partial charge in [0.05, 0.1) is 61.9 Å². The van der Waals surface area contributed by atoms with Gasteiger partial charge in [0.1, 0.15) is 30.5 Å². The van der Waals surface area contributed by atoms with Gasteiger partial charge in [-0.2, -0.15) is 0 Å². The summed E-state index contributed by atoms with van der Waals surface area (Å²) in [5.74, 6) is 0.362. The van der Waals surface area contributed by atoms with Crippen LogP contribution in [-0.4, -0.2) is 103 Å². The lowest BCUT2D eigenvalue weighted by Crippen LogP contribution is -2.57. The molecule has 0 N–H and O–H groups in total. The number of methoxy groups -OCH3 is 2. The third-order valence-corrected chi connectivity index (χ3v) is 14.3. The van der Waals surface area contributed by atoms with Crippen LogP contribution < -0.4 is 18.9 Å². The third-order valence-electron chi connectivity index (χ3n) is 10.4. The molecule has 0 aliphatic carbocycles. The molecule has 306 valence electrons. The van der Waals surface area contributed by atoms with Crippen LogP contribution in [-0.2, 0) is 43.4 Å². The zero-order valence-electron chi connectivity index (χ0n) is 32.5. The van der Waals surface area contributed by atoms with Crippen molar-refractivity contribution in [2.75, 3.05) is 46.3 Å². The molecular weight excluding hydrogens is 815 g/mol. The standard InChI is InChI=1S/C43H42BClN2O10S2/c1-52-32-12-8-28(9-13-32)22-55-36-17-16-34(37(45)38(36)56-23-29-10-14-33(53-2)15-11-29)39(49)46-18-19-54-24-30(46)25-58-43(42(51)57-44)26-47-40(50)35(41(47)59-43)21-31(48)20-27-6-4-3-5-7-27/h3-17,30,35,41H,18-26H2,1-2H3/t30-,35+,41+,43+/m0/s1. The summed E-state index contributed by atoms with van der Waals surface area (Å²) < 4.78 is 32.4. The molecule has 2 radical (unpaired) electrons. The number of halogens is 1. The van der Waals surface area contributed by atoms with Crippen LogP contribution in [0.25, 0.3) is 0 Å². The SMILES string of the molecule is [B]OC(=O)[C@@]1(SC[C@@H]2COCCN2C(=O)c2ccc(OCc3ccc(OC)cc3)c(OCc3ccc(OC)cc3)c2Cl)CN2C(=O)[C@@H](CC(=O)Cc3ccccc3)[C@H]2S1. The zero-order valence-corrected chi connectivity index (χ0v) is 34.9. The van der Waals surface area contributed by atoms with Gasteiger partial charge in [0.25, 0.3) is 5.91 Å². The Morgan fingerprint density at radius 1 is 0.898 bits per heavy atom. The molecule has 4 aromatic carbocycles. The number of ketones is 1. The highest BCUT2D eigenvalue weighted by Crippen LogP contribution is 2.56. The highest BCUT2D eigenvalue weighted by atomic mass is 35.5. The Labute approximate surface area is 357 Å². The van der Waals surface area contributed by atoms with Gasteiger partial charge < -0.3 is 38.1 Å². The van der Waals surface area contributed by atoms with E-state index in [9.17, 15) is 19.2 Å². The van der Waals surface area contributed by atoms with Crippen molar-refractivity contribution in [1.82, 2.24) is 9.80 Å². The number of carbonyl (C=O) groups excluding carboxylic acids is 4. The van der Waals surface area contributed by atoms with E-state index in [1.165, 1.54) is 23.5 Å². The van der Waals surface area contributed by atoms with Crippen LogP contribution in [0.3, 0.4) is 0 Å². The van der Waals surface area contributed by atoms with E-state index in [0.717, 1.165) is 22.4 Å². The van der Waals surface area contributed by atoms with Gasteiger partial charge in [0.2, 0.25) is 5.91 Å². The monoisotopic (exact) mass is 856 g/mol. The minimum absolute atomic E-state index is 0.0471. The maximum absolute atomic E-state index is 14.4. The number of nitrogens with zero attached hydrogens (tertiary/aromatic N) is 2. The Bertz CT molecular complexity index is 2150.